The minimum Gasteiger partial charge on any atom is -0.294 e. The molecule has 0 heterocycles. The lowest BCUT2D eigenvalue weighted by Crippen LogP contribution is -1.93. The summed E-state index contributed by atoms with van der Waals surface area (Å²) in [5, 5.41) is 8.59. The number of benzene rings is 1. The number of nitrogens with zero attached hydrogens (tertiary/aromatic N) is 1. The van der Waals surface area contributed by atoms with Crippen LogP contribution in [0.25, 0.3) is 0 Å². The molecule has 0 spiro atoms. The summed E-state index contributed by atoms with van der Waals surface area (Å²) in [7, 11) is 0. The van der Waals surface area contributed by atoms with Crippen molar-refractivity contribution < 1.29 is 4.79 Å². The average molecular weight is 204 g/mol. The van der Waals surface area contributed by atoms with Crippen molar-refractivity contribution in [1.29, 1.82) is 5.26 Å². The van der Waals surface area contributed by atoms with Crippen LogP contribution in [0.15, 0.2) is 18.2 Å². The lowest BCUT2D eigenvalue weighted by atomic mass is 10.1. The van der Waals surface area contributed by atoms with Crippen LogP contribution in [0, 0.1) is 23.2 Å². The van der Waals surface area contributed by atoms with Gasteiger partial charge in [0.25, 0.3) is 0 Å². The molecular weight excluding hydrogens is 198 g/mol. The Morgan fingerprint density at radius 2 is 2.21 bits per heavy atom. The second-order valence-corrected chi connectivity index (χ2v) is 3.02. The van der Waals surface area contributed by atoms with Crippen molar-refractivity contribution >= 4 is 17.4 Å². The minimum absolute atomic E-state index is 0.0882. The van der Waals surface area contributed by atoms with Crippen LogP contribution in [0.4, 0.5) is 0 Å². The zero-order valence-electron chi connectivity index (χ0n) is 7.47. The molecule has 0 N–H and O–H groups in total. The van der Waals surface area contributed by atoms with Gasteiger partial charge in [0, 0.05) is 17.0 Å². The largest absolute Gasteiger partial charge is 0.294 e. The molecule has 0 aromatic heterocycles. The highest BCUT2D eigenvalue weighted by Crippen LogP contribution is 2.17. The molecule has 0 radical (unpaired) electrons. The topological polar surface area (TPSA) is 40.9 Å². The quantitative estimate of drug-likeness (QED) is 0.520. The Balaban J connectivity index is 3.14. The Morgan fingerprint density at radius 3 is 2.71 bits per heavy atom. The van der Waals surface area contributed by atoms with Crippen molar-refractivity contribution in [2.75, 3.05) is 0 Å². The fraction of sp³-hybridized carbons (Fsp3) is 0.0909. The van der Waals surface area contributed by atoms with Crippen molar-refractivity contribution in [3.8, 4) is 17.9 Å². The Hall–Kier alpha value is -1.77. The van der Waals surface area contributed by atoms with Gasteiger partial charge in [-0.25, -0.2) is 0 Å². The molecule has 0 bridgehead atoms. The molecule has 1 aromatic carbocycles. The Morgan fingerprint density at radius 1 is 1.50 bits per heavy atom. The lowest BCUT2D eigenvalue weighted by Gasteiger charge is -1.99. The molecule has 1 aromatic rings. The van der Waals surface area contributed by atoms with Crippen LogP contribution in [0.3, 0.4) is 0 Å². The monoisotopic (exact) mass is 203 g/mol. The molecule has 0 amide bonds. The molecule has 0 atom stereocenters. The number of halogens is 1. The number of rotatable bonds is 1. The molecule has 0 saturated heterocycles. The molecule has 0 saturated carbocycles. The molecule has 0 fully saturated rings. The zero-order valence-corrected chi connectivity index (χ0v) is 8.22. The van der Waals surface area contributed by atoms with E-state index < -0.39 is 0 Å². The number of carbonyl (C=O) groups excluding carboxylic acids is 1. The van der Waals surface area contributed by atoms with E-state index in [4.69, 9.17) is 16.9 Å². The van der Waals surface area contributed by atoms with E-state index in [-0.39, 0.29) is 5.78 Å². The van der Waals surface area contributed by atoms with Gasteiger partial charge in [-0.05, 0) is 25.1 Å². The van der Waals surface area contributed by atoms with Crippen LogP contribution < -0.4 is 0 Å². The van der Waals surface area contributed by atoms with E-state index in [2.05, 4.69) is 11.8 Å². The second-order valence-electron chi connectivity index (χ2n) is 2.61. The summed E-state index contributed by atoms with van der Waals surface area (Å²) in [6.07, 6.45) is 0. The van der Waals surface area contributed by atoms with Crippen LogP contribution >= 0.6 is 11.6 Å². The smallest absolute Gasteiger partial charge is 0.161 e. The third-order valence-electron chi connectivity index (χ3n) is 1.61. The van der Waals surface area contributed by atoms with Gasteiger partial charge in [-0.2, -0.15) is 5.26 Å². The van der Waals surface area contributed by atoms with Gasteiger partial charge in [-0.1, -0.05) is 17.5 Å². The molecule has 2 nitrogen and oxygen atoms in total. The molecule has 0 aliphatic carbocycles. The summed E-state index contributed by atoms with van der Waals surface area (Å²) in [6, 6.07) is 6.54. The van der Waals surface area contributed by atoms with Gasteiger partial charge >= 0.3 is 0 Å². The first kappa shape index (κ1) is 10.3. The molecule has 0 aliphatic heterocycles. The maximum absolute atomic E-state index is 11.0. The highest BCUT2D eigenvalue weighted by Gasteiger charge is 2.04. The molecule has 1 rings (SSSR count). The number of carbonyl (C=O) groups is 1. The molecule has 68 valence electrons. The first-order valence-electron chi connectivity index (χ1n) is 3.85. The third kappa shape index (κ3) is 2.36. The Labute approximate surface area is 87.1 Å². The van der Waals surface area contributed by atoms with E-state index >= 15 is 0 Å². The number of hydrogen-bond acceptors (Lipinski definition) is 2. The van der Waals surface area contributed by atoms with Gasteiger partial charge in [0.2, 0.25) is 0 Å². The summed E-state index contributed by atoms with van der Waals surface area (Å²) in [5.41, 5.74) is 1.09. The normalized spacial score (nSPS) is 8.36. The standard InChI is InChI=1S/C11H6ClNO/c1-8(14)10-5-4-9(3-2-6-13)7-11(10)12/h4-5,7H,1H3. The van der Waals surface area contributed by atoms with E-state index in [0.717, 1.165) is 0 Å². The molecule has 0 aliphatic rings. The van der Waals surface area contributed by atoms with Crippen LogP contribution in [0.1, 0.15) is 22.8 Å². The number of hydrogen-bond donors (Lipinski definition) is 0. The first-order valence-corrected chi connectivity index (χ1v) is 4.23. The molecular formula is C11H6ClNO. The van der Waals surface area contributed by atoms with Crippen molar-refractivity contribution in [1.82, 2.24) is 0 Å². The third-order valence-corrected chi connectivity index (χ3v) is 1.92. The van der Waals surface area contributed by atoms with Gasteiger partial charge in [0.1, 0.15) is 0 Å². The summed E-state index contributed by atoms with van der Waals surface area (Å²) in [6.45, 7) is 1.45. The van der Waals surface area contributed by atoms with Crippen molar-refractivity contribution in [3.63, 3.8) is 0 Å². The second kappa shape index (κ2) is 4.46. The zero-order chi connectivity index (χ0) is 10.6. The summed E-state index contributed by atoms with van der Waals surface area (Å²) < 4.78 is 0. The highest BCUT2D eigenvalue weighted by molar-refractivity contribution is 6.33. The Kier molecular flexibility index (Phi) is 3.29. The van der Waals surface area contributed by atoms with Crippen LogP contribution in [-0.2, 0) is 0 Å². The van der Waals surface area contributed by atoms with Crippen LogP contribution in [0.5, 0.6) is 0 Å². The van der Waals surface area contributed by atoms with E-state index in [1.165, 1.54) is 6.92 Å². The predicted molar refractivity (Wildman–Crippen MR) is 53.9 cm³/mol. The van der Waals surface area contributed by atoms with Gasteiger partial charge < -0.3 is 0 Å². The lowest BCUT2D eigenvalue weighted by molar-refractivity contribution is 0.101. The van der Waals surface area contributed by atoms with Gasteiger partial charge in [-0.15, -0.1) is 0 Å². The maximum atomic E-state index is 11.0. The van der Waals surface area contributed by atoms with E-state index in [0.29, 0.717) is 16.1 Å². The predicted octanol–water partition coefficient (Wildman–Crippen LogP) is 2.42. The molecule has 14 heavy (non-hydrogen) atoms. The summed E-state index contributed by atoms with van der Waals surface area (Å²) >= 11 is 5.83. The maximum Gasteiger partial charge on any atom is 0.161 e. The summed E-state index contributed by atoms with van der Waals surface area (Å²) in [4.78, 5) is 11.0. The average Bonchev–Trinajstić information content (AvgIpc) is 2.14. The van der Waals surface area contributed by atoms with Crippen LogP contribution in [0.2, 0.25) is 5.02 Å². The van der Waals surface area contributed by atoms with E-state index in [9.17, 15) is 4.79 Å². The number of ketones is 1. The fourth-order valence-corrected chi connectivity index (χ4v) is 1.29. The van der Waals surface area contributed by atoms with E-state index in [1.807, 2.05) is 0 Å². The SMILES string of the molecule is CC(=O)c1ccc(C#CC#N)cc1Cl. The molecule has 0 unspecified atom stereocenters. The van der Waals surface area contributed by atoms with Gasteiger partial charge in [0.05, 0.1) is 5.02 Å². The highest BCUT2D eigenvalue weighted by atomic mass is 35.5. The van der Waals surface area contributed by atoms with Crippen molar-refractivity contribution in [3.05, 3.63) is 34.3 Å². The number of Topliss-reactive ketones (excluding diaryl/α,β-unsaturated/α-hetero) is 1. The van der Waals surface area contributed by atoms with Gasteiger partial charge in [-0.3, -0.25) is 4.79 Å². The first-order chi connectivity index (χ1) is 6.65. The molecule has 3 heteroatoms. The van der Waals surface area contributed by atoms with Crippen LogP contribution in [-0.4, -0.2) is 5.78 Å². The summed E-state index contributed by atoms with van der Waals surface area (Å²) in [5.74, 6) is 4.76. The van der Waals surface area contributed by atoms with E-state index in [1.54, 1.807) is 24.3 Å². The number of nitriles is 1. The Bertz CT molecular complexity index is 474. The minimum atomic E-state index is -0.0882. The van der Waals surface area contributed by atoms with Crippen molar-refractivity contribution in [2.24, 2.45) is 0 Å². The van der Waals surface area contributed by atoms with Crippen molar-refractivity contribution in [2.45, 2.75) is 6.92 Å². The van der Waals surface area contributed by atoms with Gasteiger partial charge in [0.15, 0.2) is 11.9 Å². The fourth-order valence-electron chi connectivity index (χ4n) is 0.979.